The molecule has 0 aromatic heterocycles. The summed E-state index contributed by atoms with van der Waals surface area (Å²) in [5, 5.41) is 0. The second kappa shape index (κ2) is 3.96. The molecule has 0 fully saturated rings. The zero-order chi connectivity index (χ0) is 9.97. The Kier molecular flexibility index (Phi) is 2.68. The highest BCUT2D eigenvalue weighted by Gasteiger charge is 2.12. The zero-order valence-electron chi connectivity index (χ0n) is 8.08. The number of hydrogen-bond acceptors (Lipinski definition) is 3. The molecule has 1 heterocycles. The number of hydrogen-bond donors (Lipinski definition) is 0. The Morgan fingerprint density at radius 2 is 2.14 bits per heavy atom. The van der Waals surface area contributed by atoms with Crippen molar-refractivity contribution in [2.24, 2.45) is 0 Å². The highest BCUT2D eigenvalue weighted by molar-refractivity contribution is 7.80. The fraction of sp³-hybridized carbons (Fsp3) is 0.364. The number of aryl methyl sites for hydroxylation is 1. The quantitative estimate of drug-likeness (QED) is 0.712. The van der Waals surface area contributed by atoms with Gasteiger partial charge in [-0.25, -0.2) is 0 Å². The van der Waals surface area contributed by atoms with E-state index < -0.39 is 0 Å². The van der Waals surface area contributed by atoms with Crippen LogP contribution in [0.2, 0.25) is 0 Å². The molecule has 1 aliphatic rings. The first-order chi connectivity index (χ1) is 6.75. The van der Waals surface area contributed by atoms with Gasteiger partial charge in [0.05, 0.1) is 0 Å². The summed E-state index contributed by atoms with van der Waals surface area (Å²) in [7, 11) is 0. The largest absolute Gasteiger partial charge is 0.454 e. The van der Waals surface area contributed by atoms with Crippen molar-refractivity contribution in [2.45, 2.75) is 19.8 Å². The van der Waals surface area contributed by atoms with Crippen molar-refractivity contribution in [1.82, 2.24) is 0 Å². The maximum atomic E-state index is 5.29. The Hall–Kier alpha value is -1.09. The van der Waals surface area contributed by atoms with E-state index in [1.165, 1.54) is 5.56 Å². The van der Waals surface area contributed by atoms with Gasteiger partial charge < -0.3 is 9.47 Å². The van der Waals surface area contributed by atoms with Gasteiger partial charge in [-0.2, -0.15) is 0 Å². The van der Waals surface area contributed by atoms with Crippen LogP contribution in [0.25, 0.3) is 0 Å². The molecule has 3 heteroatoms. The van der Waals surface area contributed by atoms with Gasteiger partial charge in [0.1, 0.15) is 0 Å². The van der Waals surface area contributed by atoms with Crippen LogP contribution in [-0.4, -0.2) is 11.7 Å². The molecule has 0 unspecified atom stereocenters. The van der Waals surface area contributed by atoms with Gasteiger partial charge in [0, 0.05) is 0 Å². The first kappa shape index (κ1) is 9.46. The van der Waals surface area contributed by atoms with Crippen molar-refractivity contribution in [3.63, 3.8) is 0 Å². The van der Waals surface area contributed by atoms with Gasteiger partial charge in [0.15, 0.2) is 11.5 Å². The van der Waals surface area contributed by atoms with E-state index in [2.05, 4.69) is 6.07 Å². The molecule has 14 heavy (non-hydrogen) atoms. The maximum Gasteiger partial charge on any atom is 0.231 e. The summed E-state index contributed by atoms with van der Waals surface area (Å²) in [6.07, 6.45) is 1.93. The molecule has 2 rings (SSSR count). The molecule has 0 radical (unpaired) electrons. The second-order valence-electron chi connectivity index (χ2n) is 3.39. The topological polar surface area (TPSA) is 18.5 Å². The lowest BCUT2D eigenvalue weighted by Crippen LogP contribution is -1.93. The van der Waals surface area contributed by atoms with E-state index in [1.807, 2.05) is 19.1 Å². The van der Waals surface area contributed by atoms with E-state index in [0.29, 0.717) is 6.79 Å². The number of thiocarbonyl (C=S) groups is 1. The molecule has 1 aromatic carbocycles. The Morgan fingerprint density at radius 3 is 2.93 bits per heavy atom. The number of fused-ring (bicyclic) bond motifs is 1. The molecule has 2 nitrogen and oxygen atoms in total. The normalized spacial score (nSPS) is 12.9. The molecule has 0 saturated carbocycles. The Bertz CT molecular complexity index is 360. The fourth-order valence-corrected chi connectivity index (χ4v) is 1.52. The van der Waals surface area contributed by atoms with Crippen LogP contribution in [-0.2, 0) is 6.42 Å². The van der Waals surface area contributed by atoms with Crippen LogP contribution in [0.3, 0.4) is 0 Å². The summed E-state index contributed by atoms with van der Waals surface area (Å²) in [5.74, 6) is 1.69. The maximum absolute atomic E-state index is 5.29. The molecule has 74 valence electrons. The molecular formula is C11H12O2S. The lowest BCUT2D eigenvalue weighted by atomic mass is 10.1. The van der Waals surface area contributed by atoms with Crippen LogP contribution in [0.5, 0.6) is 11.5 Å². The highest BCUT2D eigenvalue weighted by atomic mass is 32.1. The first-order valence-electron chi connectivity index (χ1n) is 4.63. The molecule has 0 saturated heterocycles. The third kappa shape index (κ3) is 2.04. The Labute approximate surface area is 88.8 Å². The Balaban J connectivity index is 2.09. The van der Waals surface area contributed by atoms with Crippen LogP contribution in [0.1, 0.15) is 18.9 Å². The summed E-state index contributed by atoms with van der Waals surface area (Å²) < 4.78 is 10.5. The third-order valence-electron chi connectivity index (χ3n) is 2.20. The average molecular weight is 208 g/mol. The summed E-state index contributed by atoms with van der Waals surface area (Å²) in [5.41, 5.74) is 1.25. The van der Waals surface area contributed by atoms with Gasteiger partial charge in [-0.1, -0.05) is 18.3 Å². The molecule has 0 spiro atoms. The third-order valence-corrected chi connectivity index (χ3v) is 2.41. The van der Waals surface area contributed by atoms with Crippen LogP contribution in [0, 0.1) is 0 Å². The number of benzene rings is 1. The van der Waals surface area contributed by atoms with Crippen molar-refractivity contribution < 1.29 is 9.47 Å². The standard InChI is InChI=1S/C11H12O2S/c1-8(14)2-3-9-4-5-10-11(6-9)13-7-12-10/h4-6H,2-3,7H2,1H3. The minimum Gasteiger partial charge on any atom is -0.454 e. The van der Waals surface area contributed by atoms with E-state index >= 15 is 0 Å². The monoisotopic (exact) mass is 208 g/mol. The minimum atomic E-state index is 0.338. The molecule has 0 amide bonds. The lowest BCUT2D eigenvalue weighted by Gasteiger charge is -2.01. The Morgan fingerprint density at radius 1 is 1.36 bits per heavy atom. The van der Waals surface area contributed by atoms with Crippen molar-refractivity contribution in [2.75, 3.05) is 6.79 Å². The molecule has 0 N–H and O–H groups in total. The highest BCUT2D eigenvalue weighted by Crippen LogP contribution is 2.32. The fourth-order valence-electron chi connectivity index (χ4n) is 1.42. The van der Waals surface area contributed by atoms with E-state index in [0.717, 1.165) is 29.2 Å². The molecule has 0 aliphatic carbocycles. The first-order valence-corrected chi connectivity index (χ1v) is 5.04. The van der Waals surface area contributed by atoms with Crippen molar-refractivity contribution in [3.05, 3.63) is 23.8 Å². The zero-order valence-corrected chi connectivity index (χ0v) is 8.89. The molecule has 0 bridgehead atoms. The van der Waals surface area contributed by atoms with Gasteiger partial charge in [-0.15, -0.1) is 0 Å². The van der Waals surface area contributed by atoms with Gasteiger partial charge in [-0.05, 0) is 42.3 Å². The van der Waals surface area contributed by atoms with E-state index in [9.17, 15) is 0 Å². The summed E-state index contributed by atoms with van der Waals surface area (Å²) in [6, 6.07) is 6.04. The summed E-state index contributed by atoms with van der Waals surface area (Å²) in [4.78, 5) is 1.04. The summed E-state index contributed by atoms with van der Waals surface area (Å²) >= 11 is 5.04. The molecule has 1 aromatic rings. The van der Waals surface area contributed by atoms with E-state index in [4.69, 9.17) is 21.7 Å². The van der Waals surface area contributed by atoms with Gasteiger partial charge in [-0.3, -0.25) is 0 Å². The molecular weight excluding hydrogens is 196 g/mol. The molecule has 0 atom stereocenters. The second-order valence-corrected chi connectivity index (χ2v) is 4.09. The van der Waals surface area contributed by atoms with Gasteiger partial charge in [0.2, 0.25) is 6.79 Å². The van der Waals surface area contributed by atoms with E-state index in [-0.39, 0.29) is 0 Å². The predicted octanol–water partition coefficient (Wildman–Crippen LogP) is 2.74. The van der Waals surface area contributed by atoms with Gasteiger partial charge in [0.25, 0.3) is 0 Å². The minimum absolute atomic E-state index is 0.338. The SMILES string of the molecule is CC(=S)CCc1ccc2c(c1)OCO2. The summed E-state index contributed by atoms with van der Waals surface area (Å²) in [6.45, 7) is 2.31. The predicted molar refractivity (Wildman–Crippen MR) is 59.2 cm³/mol. The molecule has 1 aliphatic heterocycles. The van der Waals surface area contributed by atoms with Crippen molar-refractivity contribution >= 4 is 17.1 Å². The lowest BCUT2D eigenvalue weighted by molar-refractivity contribution is 0.174. The van der Waals surface area contributed by atoms with Crippen molar-refractivity contribution in [1.29, 1.82) is 0 Å². The number of ether oxygens (including phenoxy) is 2. The van der Waals surface area contributed by atoms with Crippen LogP contribution in [0.4, 0.5) is 0 Å². The van der Waals surface area contributed by atoms with Crippen LogP contribution < -0.4 is 9.47 Å². The van der Waals surface area contributed by atoms with Crippen molar-refractivity contribution in [3.8, 4) is 11.5 Å². The number of rotatable bonds is 3. The van der Waals surface area contributed by atoms with E-state index in [1.54, 1.807) is 0 Å². The van der Waals surface area contributed by atoms with Crippen LogP contribution in [0.15, 0.2) is 18.2 Å². The smallest absolute Gasteiger partial charge is 0.231 e. The average Bonchev–Trinajstić information content (AvgIpc) is 2.61. The van der Waals surface area contributed by atoms with Crippen LogP contribution >= 0.6 is 12.2 Å². The van der Waals surface area contributed by atoms with Gasteiger partial charge >= 0.3 is 0 Å².